The zero-order valence-corrected chi connectivity index (χ0v) is 15.4. The number of amides is 2. The summed E-state index contributed by atoms with van der Waals surface area (Å²) in [5.41, 5.74) is 8.18. The van der Waals surface area contributed by atoms with Crippen molar-refractivity contribution in [2.24, 2.45) is 5.73 Å². The van der Waals surface area contributed by atoms with Crippen LogP contribution in [0.5, 0.6) is 0 Å². The lowest BCUT2D eigenvalue weighted by Gasteiger charge is -2.16. The fourth-order valence-electron chi connectivity index (χ4n) is 2.98. The fourth-order valence-corrected chi connectivity index (χ4v) is 2.98. The predicted octanol–water partition coefficient (Wildman–Crippen LogP) is 2.06. The number of fused-ring (bicyclic) bond motifs is 1. The Morgan fingerprint density at radius 1 is 1.11 bits per heavy atom. The van der Waals surface area contributed by atoms with E-state index in [1.807, 2.05) is 30.5 Å². The molecular formula is C21H21N3O4. The van der Waals surface area contributed by atoms with Crippen LogP contribution in [0.25, 0.3) is 10.9 Å². The molecule has 1 heterocycles. The number of H-pyrrole nitrogens is 1. The lowest BCUT2D eigenvalue weighted by molar-refractivity contribution is -0.149. The minimum Gasteiger partial charge on any atom is -0.459 e. The molecule has 0 aliphatic rings. The molecule has 1 aromatic heterocycles. The first kappa shape index (κ1) is 19.2. The summed E-state index contributed by atoms with van der Waals surface area (Å²) in [5.74, 6) is -1.36. The Kier molecular flexibility index (Phi) is 5.74. The number of nitrogens with two attached hydrogens (primary N) is 1. The number of carbonyl (C=O) groups is 3. The fraction of sp³-hybridized carbons (Fsp3) is 0.190. The molecule has 0 bridgehead atoms. The van der Waals surface area contributed by atoms with E-state index in [9.17, 15) is 14.4 Å². The number of hydrogen-bond acceptors (Lipinski definition) is 4. The number of ether oxygens (including phenoxy) is 1. The second-order valence-corrected chi connectivity index (χ2v) is 6.49. The van der Waals surface area contributed by atoms with E-state index in [-0.39, 0.29) is 12.5 Å². The van der Waals surface area contributed by atoms with Gasteiger partial charge in [-0.25, -0.2) is 4.79 Å². The van der Waals surface area contributed by atoms with Crippen molar-refractivity contribution in [1.29, 1.82) is 0 Å². The Labute approximate surface area is 161 Å². The lowest BCUT2D eigenvalue weighted by Crippen LogP contribution is -2.42. The quantitative estimate of drug-likeness (QED) is 0.545. The van der Waals surface area contributed by atoms with E-state index in [0.29, 0.717) is 17.5 Å². The monoisotopic (exact) mass is 379 g/mol. The van der Waals surface area contributed by atoms with Gasteiger partial charge in [-0.1, -0.05) is 30.3 Å². The smallest absolute Gasteiger partial charge is 0.329 e. The van der Waals surface area contributed by atoms with Crippen LogP contribution in [0.4, 0.5) is 0 Å². The molecule has 1 atom stereocenters. The van der Waals surface area contributed by atoms with Crippen molar-refractivity contribution in [1.82, 2.24) is 10.3 Å². The van der Waals surface area contributed by atoms with E-state index in [1.54, 1.807) is 24.3 Å². The van der Waals surface area contributed by atoms with E-state index < -0.39 is 17.9 Å². The largest absolute Gasteiger partial charge is 0.459 e. The second-order valence-electron chi connectivity index (χ2n) is 6.49. The third kappa shape index (κ3) is 4.56. The van der Waals surface area contributed by atoms with Crippen LogP contribution in [0.15, 0.2) is 54.7 Å². The summed E-state index contributed by atoms with van der Waals surface area (Å²) >= 11 is 0. The van der Waals surface area contributed by atoms with Crippen LogP contribution in [-0.4, -0.2) is 28.8 Å². The van der Waals surface area contributed by atoms with Crippen LogP contribution in [0.2, 0.25) is 0 Å². The minimum absolute atomic E-state index is 0.0296. The van der Waals surface area contributed by atoms with E-state index in [2.05, 4.69) is 10.3 Å². The van der Waals surface area contributed by atoms with Gasteiger partial charge in [0.25, 0.3) is 0 Å². The molecular weight excluding hydrogens is 358 g/mol. The Morgan fingerprint density at radius 2 is 1.82 bits per heavy atom. The average molecular weight is 379 g/mol. The third-order valence-corrected chi connectivity index (χ3v) is 4.38. The molecule has 28 heavy (non-hydrogen) atoms. The summed E-state index contributed by atoms with van der Waals surface area (Å²) in [6.45, 7) is 1.39. The van der Waals surface area contributed by atoms with Gasteiger partial charge in [-0.2, -0.15) is 0 Å². The molecule has 0 unspecified atom stereocenters. The average Bonchev–Trinajstić information content (AvgIpc) is 3.08. The Morgan fingerprint density at radius 3 is 2.50 bits per heavy atom. The zero-order valence-electron chi connectivity index (χ0n) is 15.4. The number of benzene rings is 2. The summed E-state index contributed by atoms with van der Waals surface area (Å²) in [4.78, 5) is 38.4. The van der Waals surface area contributed by atoms with Crippen molar-refractivity contribution in [3.05, 3.63) is 71.4 Å². The van der Waals surface area contributed by atoms with Crippen molar-refractivity contribution in [3.8, 4) is 0 Å². The Balaban J connectivity index is 1.69. The normalized spacial score (nSPS) is 11.8. The van der Waals surface area contributed by atoms with Crippen molar-refractivity contribution < 1.29 is 19.1 Å². The molecule has 3 rings (SSSR count). The van der Waals surface area contributed by atoms with Gasteiger partial charge >= 0.3 is 5.97 Å². The van der Waals surface area contributed by atoms with Gasteiger partial charge < -0.3 is 20.8 Å². The molecule has 7 nitrogen and oxygen atoms in total. The maximum atomic E-state index is 12.6. The number of esters is 1. The van der Waals surface area contributed by atoms with Crippen LogP contribution >= 0.6 is 0 Å². The van der Waals surface area contributed by atoms with Crippen LogP contribution in [-0.2, 0) is 27.4 Å². The lowest BCUT2D eigenvalue weighted by atomic mass is 10.0. The van der Waals surface area contributed by atoms with Crippen LogP contribution in [0, 0.1) is 0 Å². The summed E-state index contributed by atoms with van der Waals surface area (Å²) in [6.07, 6.45) is 2.14. The number of rotatable bonds is 7. The molecule has 0 spiro atoms. The highest BCUT2D eigenvalue weighted by Crippen LogP contribution is 2.19. The zero-order chi connectivity index (χ0) is 20.1. The van der Waals surface area contributed by atoms with Crippen LogP contribution in [0.3, 0.4) is 0 Å². The summed E-state index contributed by atoms with van der Waals surface area (Å²) in [5, 5.41) is 3.65. The first-order valence-corrected chi connectivity index (χ1v) is 8.81. The molecule has 0 saturated carbocycles. The van der Waals surface area contributed by atoms with E-state index in [1.165, 1.54) is 6.92 Å². The van der Waals surface area contributed by atoms with E-state index in [4.69, 9.17) is 10.5 Å². The number of carbonyl (C=O) groups excluding carboxylic acids is 3. The predicted molar refractivity (Wildman–Crippen MR) is 104 cm³/mol. The molecule has 0 saturated heterocycles. The number of hydrogen-bond donors (Lipinski definition) is 3. The molecule has 4 N–H and O–H groups in total. The topological polar surface area (TPSA) is 114 Å². The summed E-state index contributed by atoms with van der Waals surface area (Å²) in [7, 11) is 0. The molecule has 0 fully saturated rings. The molecule has 3 aromatic rings. The first-order valence-electron chi connectivity index (χ1n) is 8.81. The molecule has 2 aromatic carbocycles. The molecule has 0 aliphatic heterocycles. The standard InChI is InChI=1S/C21H21N3O4/c1-13(25)24-19(10-16-11-23-18-5-3-2-4-17(16)18)21(27)28-12-14-6-8-15(9-7-14)20(22)26/h2-9,11,19,23H,10,12H2,1H3,(H2,22,26)(H,24,25)/t19-/m0/s1. The maximum Gasteiger partial charge on any atom is 0.329 e. The van der Waals surface area contributed by atoms with E-state index >= 15 is 0 Å². The number of primary amides is 1. The van der Waals surface area contributed by atoms with Gasteiger partial charge in [-0.3, -0.25) is 9.59 Å². The van der Waals surface area contributed by atoms with Crippen LogP contribution in [0.1, 0.15) is 28.4 Å². The number of aromatic nitrogens is 1. The minimum atomic E-state index is -0.804. The number of nitrogens with one attached hydrogen (secondary N) is 2. The second kappa shape index (κ2) is 8.39. The van der Waals surface area contributed by atoms with Gasteiger partial charge in [-0.15, -0.1) is 0 Å². The van der Waals surface area contributed by atoms with Crippen molar-refractivity contribution in [3.63, 3.8) is 0 Å². The number of para-hydroxylation sites is 1. The van der Waals surface area contributed by atoms with Crippen LogP contribution < -0.4 is 11.1 Å². The Bertz CT molecular complexity index is 1010. The van der Waals surface area contributed by atoms with Gasteiger partial charge in [0.1, 0.15) is 12.6 Å². The molecule has 0 radical (unpaired) electrons. The summed E-state index contributed by atoms with van der Waals surface area (Å²) in [6, 6.07) is 13.4. The van der Waals surface area contributed by atoms with Crippen molar-refractivity contribution in [2.45, 2.75) is 26.0 Å². The SMILES string of the molecule is CC(=O)N[C@@H](Cc1c[nH]c2ccccc12)C(=O)OCc1ccc(C(N)=O)cc1. The Hall–Kier alpha value is -3.61. The highest BCUT2D eigenvalue weighted by atomic mass is 16.5. The highest BCUT2D eigenvalue weighted by Gasteiger charge is 2.23. The van der Waals surface area contributed by atoms with Gasteiger partial charge in [0.05, 0.1) is 0 Å². The molecule has 2 amide bonds. The maximum absolute atomic E-state index is 12.6. The van der Waals surface area contributed by atoms with Gasteiger partial charge in [-0.05, 0) is 29.3 Å². The highest BCUT2D eigenvalue weighted by molar-refractivity contribution is 5.92. The van der Waals surface area contributed by atoms with Crippen molar-refractivity contribution >= 4 is 28.7 Å². The van der Waals surface area contributed by atoms with E-state index in [0.717, 1.165) is 16.5 Å². The number of aromatic amines is 1. The van der Waals surface area contributed by atoms with Gasteiger partial charge in [0.15, 0.2) is 0 Å². The first-order chi connectivity index (χ1) is 13.4. The third-order valence-electron chi connectivity index (χ3n) is 4.38. The van der Waals surface area contributed by atoms with Gasteiger partial charge in [0, 0.05) is 36.0 Å². The summed E-state index contributed by atoms with van der Waals surface area (Å²) < 4.78 is 5.37. The molecule has 0 aliphatic carbocycles. The van der Waals surface area contributed by atoms with Gasteiger partial charge in [0.2, 0.25) is 11.8 Å². The molecule has 7 heteroatoms. The molecule has 144 valence electrons. The van der Waals surface area contributed by atoms with Crippen molar-refractivity contribution in [2.75, 3.05) is 0 Å².